The van der Waals surface area contributed by atoms with Gasteiger partial charge < -0.3 is 9.53 Å². The van der Waals surface area contributed by atoms with Crippen molar-refractivity contribution in [1.82, 2.24) is 0 Å². The number of hydrogen-bond donors (Lipinski definition) is 0. The van der Waals surface area contributed by atoms with Gasteiger partial charge in [0.1, 0.15) is 6.29 Å². The molecular weight excluding hydrogens is 140 g/mol. The average Bonchev–Trinajstić information content (AvgIpc) is 2.01. The van der Waals surface area contributed by atoms with Crippen LogP contribution in [0, 0.1) is 6.92 Å². The van der Waals surface area contributed by atoms with E-state index in [2.05, 4.69) is 13.8 Å². The number of aldehydes is 1. The first kappa shape index (κ1) is 10.6. The molecule has 0 aliphatic heterocycles. The molecule has 2 heteroatoms. The minimum atomic E-state index is 0.0647. The van der Waals surface area contributed by atoms with Crippen LogP contribution in [0.5, 0.6) is 0 Å². The maximum Gasteiger partial charge on any atom is 0.119 e. The summed E-state index contributed by atoms with van der Waals surface area (Å²) in [6.07, 6.45) is 4.43. The zero-order valence-electron chi connectivity index (χ0n) is 7.21. The standard InChI is InChI=1S/C9H17O2/c1-3-8-11-9(2)6-4-5-7-10/h7,9H,2-6,8H2,1H3. The molecule has 11 heavy (non-hydrogen) atoms. The smallest absolute Gasteiger partial charge is 0.119 e. The molecule has 0 saturated heterocycles. The van der Waals surface area contributed by atoms with E-state index in [0.29, 0.717) is 6.42 Å². The van der Waals surface area contributed by atoms with Crippen molar-refractivity contribution in [1.29, 1.82) is 0 Å². The third-order valence-corrected chi connectivity index (χ3v) is 1.41. The molecule has 1 unspecified atom stereocenters. The van der Waals surface area contributed by atoms with E-state index in [1.807, 2.05) is 0 Å². The Balaban J connectivity index is 3.08. The third kappa shape index (κ3) is 7.53. The predicted molar refractivity (Wildman–Crippen MR) is 45.3 cm³/mol. The van der Waals surface area contributed by atoms with Crippen LogP contribution < -0.4 is 0 Å². The summed E-state index contributed by atoms with van der Waals surface area (Å²) >= 11 is 0. The first-order valence-electron chi connectivity index (χ1n) is 4.19. The van der Waals surface area contributed by atoms with Crippen LogP contribution in [0.4, 0.5) is 0 Å². The molecule has 0 heterocycles. The van der Waals surface area contributed by atoms with Gasteiger partial charge in [-0.25, -0.2) is 0 Å². The van der Waals surface area contributed by atoms with E-state index >= 15 is 0 Å². The zero-order chi connectivity index (χ0) is 8.53. The summed E-state index contributed by atoms with van der Waals surface area (Å²) in [6, 6.07) is 0. The highest BCUT2D eigenvalue weighted by molar-refractivity contribution is 5.48. The molecule has 0 aliphatic carbocycles. The largest absolute Gasteiger partial charge is 0.378 e. The predicted octanol–water partition coefficient (Wildman–Crippen LogP) is 1.98. The molecule has 0 aromatic carbocycles. The average molecular weight is 157 g/mol. The lowest BCUT2D eigenvalue weighted by molar-refractivity contribution is -0.108. The molecule has 0 N–H and O–H groups in total. The molecule has 65 valence electrons. The van der Waals surface area contributed by atoms with Crippen LogP contribution in [-0.4, -0.2) is 19.0 Å². The number of rotatable bonds is 7. The molecular formula is C9H17O2. The summed E-state index contributed by atoms with van der Waals surface area (Å²) in [5.41, 5.74) is 0. The molecule has 0 saturated carbocycles. The van der Waals surface area contributed by atoms with Gasteiger partial charge in [0.2, 0.25) is 0 Å². The Morgan fingerprint density at radius 3 is 2.91 bits per heavy atom. The third-order valence-electron chi connectivity index (χ3n) is 1.41. The lowest BCUT2D eigenvalue weighted by Crippen LogP contribution is -2.08. The fraction of sp³-hybridized carbons (Fsp3) is 0.778. The fourth-order valence-corrected chi connectivity index (χ4v) is 0.797. The summed E-state index contributed by atoms with van der Waals surface area (Å²) in [7, 11) is 0. The second-order valence-corrected chi connectivity index (χ2v) is 2.59. The summed E-state index contributed by atoms with van der Waals surface area (Å²) in [5.74, 6) is 0. The topological polar surface area (TPSA) is 26.3 Å². The van der Waals surface area contributed by atoms with Crippen molar-refractivity contribution in [2.45, 2.75) is 38.7 Å². The van der Waals surface area contributed by atoms with Crippen LogP contribution in [0.2, 0.25) is 0 Å². The second kappa shape index (κ2) is 7.73. The number of carbonyl (C=O) groups excluding carboxylic acids is 1. The summed E-state index contributed by atoms with van der Waals surface area (Å²) < 4.78 is 5.31. The Labute approximate surface area is 68.9 Å². The number of hydrogen-bond acceptors (Lipinski definition) is 2. The molecule has 1 atom stereocenters. The lowest BCUT2D eigenvalue weighted by atomic mass is 10.2. The number of carbonyl (C=O) groups is 1. The van der Waals surface area contributed by atoms with E-state index in [-0.39, 0.29) is 6.10 Å². The molecule has 1 radical (unpaired) electrons. The Bertz CT molecular complexity index is 91.6. The summed E-state index contributed by atoms with van der Waals surface area (Å²) in [4.78, 5) is 9.94. The maximum atomic E-state index is 9.94. The van der Waals surface area contributed by atoms with Crippen molar-refractivity contribution in [3.8, 4) is 0 Å². The zero-order valence-corrected chi connectivity index (χ0v) is 7.21. The van der Waals surface area contributed by atoms with Gasteiger partial charge in [-0.05, 0) is 26.2 Å². The van der Waals surface area contributed by atoms with Gasteiger partial charge in [0.25, 0.3) is 0 Å². The van der Waals surface area contributed by atoms with E-state index in [0.717, 1.165) is 32.2 Å². The van der Waals surface area contributed by atoms with E-state index in [9.17, 15) is 4.79 Å². The van der Waals surface area contributed by atoms with E-state index in [1.165, 1.54) is 0 Å². The minimum absolute atomic E-state index is 0.0647. The van der Waals surface area contributed by atoms with Crippen molar-refractivity contribution in [2.75, 3.05) is 6.61 Å². The van der Waals surface area contributed by atoms with Gasteiger partial charge in [-0.15, -0.1) is 0 Å². The van der Waals surface area contributed by atoms with Crippen molar-refractivity contribution in [3.05, 3.63) is 6.92 Å². The Morgan fingerprint density at radius 1 is 1.64 bits per heavy atom. The van der Waals surface area contributed by atoms with E-state index in [1.54, 1.807) is 0 Å². The highest BCUT2D eigenvalue weighted by Crippen LogP contribution is 2.02. The van der Waals surface area contributed by atoms with E-state index < -0.39 is 0 Å². The molecule has 0 aromatic rings. The van der Waals surface area contributed by atoms with Crippen LogP contribution in [0.1, 0.15) is 32.6 Å². The summed E-state index contributed by atoms with van der Waals surface area (Å²) in [5, 5.41) is 0. The Kier molecular flexibility index (Phi) is 7.47. The van der Waals surface area contributed by atoms with Crippen LogP contribution in [0.15, 0.2) is 0 Å². The monoisotopic (exact) mass is 157 g/mol. The quantitative estimate of drug-likeness (QED) is 0.417. The lowest BCUT2D eigenvalue weighted by Gasteiger charge is -2.10. The molecule has 0 aliphatic rings. The highest BCUT2D eigenvalue weighted by Gasteiger charge is 1.99. The van der Waals surface area contributed by atoms with Crippen molar-refractivity contribution in [2.24, 2.45) is 0 Å². The van der Waals surface area contributed by atoms with Gasteiger partial charge >= 0.3 is 0 Å². The fourth-order valence-electron chi connectivity index (χ4n) is 0.797. The van der Waals surface area contributed by atoms with Gasteiger partial charge in [0.05, 0.1) is 6.10 Å². The Hall–Kier alpha value is -0.370. The number of ether oxygens (including phenoxy) is 1. The molecule has 0 aromatic heterocycles. The minimum Gasteiger partial charge on any atom is -0.378 e. The first-order chi connectivity index (χ1) is 5.31. The molecule has 0 bridgehead atoms. The van der Waals surface area contributed by atoms with Crippen LogP contribution in [-0.2, 0) is 9.53 Å². The first-order valence-corrected chi connectivity index (χ1v) is 4.19. The molecule has 0 fully saturated rings. The molecule has 0 spiro atoms. The van der Waals surface area contributed by atoms with Gasteiger partial charge in [0, 0.05) is 13.0 Å². The second-order valence-electron chi connectivity index (χ2n) is 2.59. The van der Waals surface area contributed by atoms with Crippen LogP contribution in [0.3, 0.4) is 0 Å². The van der Waals surface area contributed by atoms with Gasteiger partial charge in [-0.1, -0.05) is 6.92 Å². The normalized spacial score (nSPS) is 12.9. The van der Waals surface area contributed by atoms with Crippen molar-refractivity contribution < 1.29 is 9.53 Å². The summed E-state index contributed by atoms with van der Waals surface area (Å²) in [6.45, 7) is 6.65. The molecule has 0 amide bonds. The molecule has 2 nitrogen and oxygen atoms in total. The maximum absolute atomic E-state index is 9.94. The van der Waals surface area contributed by atoms with Gasteiger partial charge in [-0.3, -0.25) is 0 Å². The highest BCUT2D eigenvalue weighted by atomic mass is 16.5. The van der Waals surface area contributed by atoms with E-state index in [4.69, 9.17) is 4.74 Å². The van der Waals surface area contributed by atoms with Crippen molar-refractivity contribution >= 4 is 6.29 Å². The SMILES string of the molecule is [CH2]C(CCCC=O)OCCC. The molecule has 0 rings (SSSR count). The van der Waals surface area contributed by atoms with Gasteiger partial charge in [-0.2, -0.15) is 0 Å². The van der Waals surface area contributed by atoms with Crippen LogP contribution in [0.25, 0.3) is 0 Å². The Morgan fingerprint density at radius 2 is 2.36 bits per heavy atom. The van der Waals surface area contributed by atoms with Crippen LogP contribution >= 0.6 is 0 Å². The number of unbranched alkanes of at least 4 members (excludes halogenated alkanes) is 1. The van der Waals surface area contributed by atoms with Crippen molar-refractivity contribution in [3.63, 3.8) is 0 Å². The van der Waals surface area contributed by atoms with Gasteiger partial charge in [0.15, 0.2) is 0 Å².